The number of carbonyl (C=O) groups is 1. The second-order valence-electron chi connectivity index (χ2n) is 6.68. The zero-order valence-electron chi connectivity index (χ0n) is 15.1. The fourth-order valence-electron chi connectivity index (χ4n) is 3.81. The summed E-state index contributed by atoms with van der Waals surface area (Å²) in [5.74, 6) is -0.666. The number of methoxy groups -OCH3 is 1. The minimum atomic E-state index is -4.03. The van der Waals surface area contributed by atoms with Crippen LogP contribution in [0, 0.1) is 0 Å². The molecule has 1 atom stereocenters. The molecule has 1 amide bonds. The number of fused-ring (bicyclic) bond motifs is 2. The molecule has 0 saturated carbocycles. The maximum Gasteiger partial charge on any atom is 0.264 e. The standard InChI is InChI=1S/C21H18ClNO4S/c1-27-18-12-11-17(22)15-9-10-16(20(15)18)21(24)23-28(25,26)19-8-4-6-13-5-2-3-7-14(13)19/h2-8,11-12,16H,9-10H2,1H3,(H,23,24)/t16-/m0/s1. The Morgan fingerprint density at radius 1 is 1.11 bits per heavy atom. The molecule has 0 spiro atoms. The summed E-state index contributed by atoms with van der Waals surface area (Å²) < 4.78 is 33.5. The van der Waals surface area contributed by atoms with E-state index in [-0.39, 0.29) is 4.90 Å². The van der Waals surface area contributed by atoms with Crippen LogP contribution in [0.4, 0.5) is 0 Å². The Balaban J connectivity index is 1.70. The van der Waals surface area contributed by atoms with E-state index in [1.807, 2.05) is 18.2 Å². The lowest BCUT2D eigenvalue weighted by Gasteiger charge is -2.16. The number of sulfonamides is 1. The topological polar surface area (TPSA) is 72.5 Å². The number of rotatable bonds is 4. The molecule has 0 saturated heterocycles. The van der Waals surface area contributed by atoms with E-state index < -0.39 is 21.8 Å². The van der Waals surface area contributed by atoms with Crippen LogP contribution in [-0.2, 0) is 21.2 Å². The highest BCUT2D eigenvalue weighted by Gasteiger charge is 2.35. The molecule has 1 aliphatic rings. The van der Waals surface area contributed by atoms with Crippen LogP contribution in [0.2, 0.25) is 5.02 Å². The number of benzene rings is 3. The van der Waals surface area contributed by atoms with Crippen molar-refractivity contribution >= 4 is 38.3 Å². The van der Waals surface area contributed by atoms with Gasteiger partial charge in [0.25, 0.3) is 10.0 Å². The van der Waals surface area contributed by atoms with E-state index in [1.165, 1.54) is 13.2 Å². The van der Waals surface area contributed by atoms with Gasteiger partial charge in [0.1, 0.15) is 5.75 Å². The SMILES string of the molecule is COc1ccc(Cl)c2c1[C@@H](C(=O)NS(=O)(=O)c1cccc3ccccc13)CC2. The molecule has 28 heavy (non-hydrogen) atoms. The van der Waals surface area contributed by atoms with Crippen molar-refractivity contribution in [2.75, 3.05) is 7.11 Å². The van der Waals surface area contributed by atoms with Gasteiger partial charge in [-0.15, -0.1) is 0 Å². The number of halogens is 1. The van der Waals surface area contributed by atoms with Gasteiger partial charge in [0, 0.05) is 16.0 Å². The number of carbonyl (C=O) groups excluding carboxylic acids is 1. The molecule has 0 fully saturated rings. The molecule has 5 nitrogen and oxygen atoms in total. The zero-order chi connectivity index (χ0) is 19.9. The van der Waals surface area contributed by atoms with Gasteiger partial charge in [-0.3, -0.25) is 4.79 Å². The molecule has 1 N–H and O–H groups in total. The molecule has 0 heterocycles. The van der Waals surface area contributed by atoms with Crippen molar-refractivity contribution in [1.82, 2.24) is 4.72 Å². The summed E-state index contributed by atoms with van der Waals surface area (Å²) in [4.78, 5) is 13.0. The van der Waals surface area contributed by atoms with Crippen LogP contribution in [-0.4, -0.2) is 21.4 Å². The highest BCUT2D eigenvalue weighted by molar-refractivity contribution is 7.90. The third-order valence-corrected chi connectivity index (χ3v) is 6.86. The summed E-state index contributed by atoms with van der Waals surface area (Å²) in [6.45, 7) is 0. The van der Waals surface area contributed by atoms with E-state index in [0.29, 0.717) is 34.6 Å². The number of amides is 1. The summed E-state index contributed by atoms with van der Waals surface area (Å²) in [7, 11) is -2.51. The normalized spacial score (nSPS) is 16.0. The first-order valence-corrected chi connectivity index (χ1v) is 10.7. The van der Waals surface area contributed by atoms with Gasteiger partial charge in [-0.25, -0.2) is 13.1 Å². The van der Waals surface area contributed by atoms with Gasteiger partial charge in [0.05, 0.1) is 17.9 Å². The number of nitrogens with one attached hydrogen (secondary N) is 1. The van der Waals surface area contributed by atoms with Crippen LogP contribution in [0.5, 0.6) is 5.75 Å². The van der Waals surface area contributed by atoms with E-state index in [9.17, 15) is 13.2 Å². The van der Waals surface area contributed by atoms with Crippen LogP contribution in [0.25, 0.3) is 10.8 Å². The summed E-state index contributed by atoms with van der Waals surface area (Å²) in [5.41, 5.74) is 1.50. The fourth-order valence-corrected chi connectivity index (χ4v) is 5.32. The molecule has 7 heteroatoms. The molecule has 3 aromatic rings. The minimum Gasteiger partial charge on any atom is -0.496 e. The van der Waals surface area contributed by atoms with E-state index in [0.717, 1.165) is 10.9 Å². The third-order valence-electron chi connectivity index (χ3n) is 5.10. The maximum atomic E-state index is 13.0. The van der Waals surface area contributed by atoms with Crippen LogP contribution in [0.15, 0.2) is 59.5 Å². The molecule has 0 radical (unpaired) electrons. The Kier molecular flexibility index (Phi) is 4.77. The zero-order valence-corrected chi connectivity index (χ0v) is 16.7. The van der Waals surface area contributed by atoms with Crippen molar-refractivity contribution in [3.05, 3.63) is 70.7 Å². The first kappa shape index (κ1) is 18.8. The van der Waals surface area contributed by atoms with Gasteiger partial charge in [0.15, 0.2) is 0 Å². The number of ether oxygens (including phenoxy) is 1. The lowest BCUT2D eigenvalue weighted by Crippen LogP contribution is -2.34. The van der Waals surface area contributed by atoms with Crippen LogP contribution in [0.3, 0.4) is 0 Å². The Morgan fingerprint density at radius 3 is 2.64 bits per heavy atom. The molecular formula is C21H18ClNO4S. The molecule has 3 aromatic carbocycles. The highest BCUT2D eigenvalue weighted by atomic mass is 35.5. The van der Waals surface area contributed by atoms with E-state index >= 15 is 0 Å². The van der Waals surface area contributed by atoms with Gasteiger partial charge in [-0.1, -0.05) is 48.0 Å². The number of hydrogen-bond acceptors (Lipinski definition) is 4. The Morgan fingerprint density at radius 2 is 1.86 bits per heavy atom. The second-order valence-corrected chi connectivity index (χ2v) is 8.74. The molecular weight excluding hydrogens is 398 g/mol. The Labute approximate surface area is 168 Å². The molecule has 1 aliphatic carbocycles. The van der Waals surface area contributed by atoms with E-state index in [4.69, 9.17) is 16.3 Å². The van der Waals surface area contributed by atoms with E-state index in [2.05, 4.69) is 4.72 Å². The number of hydrogen-bond donors (Lipinski definition) is 1. The smallest absolute Gasteiger partial charge is 0.264 e. The van der Waals surface area contributed by atoms with Crippen molar-refractivity contribution in [3.63, 3.8) is 0 Å². The Hall–Kier alpha value is -2.57. The lowest BCUT2D eigenvalue weighted by atomic mass is 10.00. The van der Waals surface area contributed by atoms with Crippen LogP contribution < -0.4 is 9.46 Å². The monoisotopic (exact) mass is 415 g/mol. The predicted octanol–water partition coefficient (Wildman–Crippen LogP) is 4.04. The van der Waals surface area contributed by atoms with Crippen molar-refractivity contribution in [2.24, 2.45) is 0 Å². The molecule has 0 aromatic heterocycles. The van der Waals surface area contributed by atoms with Crippen molar-refractivity contribution in [2.45, 2.75) is 23.7 Å². The molecule has 144 valence electrons. The third kappa shape index (κ3) is 3.12. The summed E-state index contributed by atoms with van der Waals surface area (Å²) in [5, 5.41) is 1.92. The fraction of sp³-hybridized carbons (Fsp3) is 0.190. The van der Waals surface area contributed by atoms with Gasteiger partial charge in [-0.05, 0) is 42.0 Å². The van der Waals surface area contributed by atoms with Gasteiger partial charge in [0.2, 0.25) is 5.91 Å². The molecule has 0 aliphatic heterocycles. The summed E-state index contributed by atoms with van der Waals surface area (Å²) in [6.07, 6.45) is 1.07. The van der Waals surface area contributed by atoms with Gasteiger partial charge >= 0.3 is 0 Å². The Bertz CT molecular complexity index is 1180. The first-order valence-electron chi connectivity index (χ1n) is 8.82. The summed E-state index contributed by atoms with van der Waals surface area (Å²) in [6, 6.07) is 15.6. The van der Waals surface area contributed by atoms with Crippen molar-refractivity contribution in [3.8, 4) is 5.75 Å². The van der Waals surface area contributed by atoms with Gasteiger partial charge in [-0.2, -0.15) is 0 Å². The average Bonchev–Trinajstić information content (AvgIpc) is 3.14. The first-order chi connectivity index (χ1) is 13.4. The maximum absolute atomic E-state index is 13.0. The average molecular weight is 416 g/mol. The highest BCUT2D eigenvalue weighted by Crippen LogP contribution is 2.43. The minimum absolute atomic E-state index is 0.0789. The van der Waals surface area contributed by atoms with Gasteiger partial charge < -0.3 is 4.74 Å². The predicted molar refractivity (Wildman–Crippen MR) is 108 cm³/mol. The largest absolute Gasteiger partial charge is 0.496 e. The molecule has 4 rings (SSSR count). The lowest BCUT2D eigenvalue weighted by molar-refractivity contribution is -0.120. The summed E-state index contributed by atoms with van der Waals surface area (Å²) >= 11 is 6.26. The van der Waals surface area contributed by atoms with E-state index in [1.54, 1.807) is 30.3 Å². The quantitative estimate of drug-likeness (QED) is 0.698. The second kappa shape index (κ2) is 7.11. The van der Waals surface area contributed by atoms with Crippen LogP contribution >= 0.6 is 11.6 Å². The van der Waals surface area contributed by atoms with Crippen LogP contribution in [0.1, 0.15) is 23.5 Å². The molecule has 0 bridgehead atoms. The molecule has 0 unspecified atom stereocenters. The van der Waals surface area contributed by atoms with Crippen molar-refractivity contribution < 1.29 is 17.9 Å². The van der Waals surface area contributed by atoms with Crippen molar-refractivity contribution in [1.29, 1.82) is 0 Å².